The third-order valence-corrected chi connectivity index (χ3v) is 9.44. The van der Waals surface area contributed by atoms with Crippen LogP contribution in [0.3, 0.4) is 0 Å². The molecule has 1 aromatic carbocycles. The van der Waals surface area contributed by atoms with Gasteiger partial charge in [0.15, 0.2) is 0 Å². The van der Waals surface area contributed by atoms with Gasteiger partial charge in [0.1, 0.15) is 5.58 Å². The highest BCUT2D eigenvalue weighted by Crippen LogP contribution is 2.25. The van der Waals surface area contributed by atoms with Crippen LogP contribution in [0.5, 0.6) is 0 Å². The number of carbonyl (C=O) groups is 1. The molecule has 0 bridgehead atoms. The zero-order valence-electron chi connectivity index (χ0n) is 22.4. The van der Waals surface area contributed by atoms with Gasteiger partial charge in [-0.25, -0.2) is 18.4 Å². The molecule has 0 aliphatic carbocycles. The van der Waals surface area contributed by atoms with E-state index in [0.717, 1.165) is 21.1 Å². The first-order chi connectivity index (χ1) is 17.9. The van der Waals surface area contributed by atoms with Crippen molar-refractivity contribution >= 4 is 49.6 Å². The number of aryl methyl sites for hydroxylation is 2. The lowest BCUT2D eigenvalue weighted by Gasteiger charge is -2.28. The van der Waals surface area contributed by atoms with Gasteiger partial charge in [0.2, 0.25) is 15.9 Å². The molecule has 4 aromatic rings. The highest BCUT2D eigenvalue weighted by atomic mass is 32.2. The Morgan fingerprint density at radius 3 is 2.24 bits per heavy atom. The molecule has 3 heterocycles. The van der Waals surface area contributed by atoms with E-state index >= 15 is 0 Å². The van der Waals surface area contributed by atoms with Gasteiger partial charge >= 0.3 is 0 Å². The number of benzene rings is 1. The van der Waals surface area contributed by atoms with E-state index in [2.05, 4.69) is 9.97 Å². The summed E-state index contributed by atoms with van der Waals surface area (Å²) in [4.78, 5) is 24.2. The van der Waals surface area contributed by atoms with Crippen molar-refractivity contribution in [2.45, 2.75) is 65.4 Å². The van der Waals surface area contributed by atoms with E-state index in [1.54, 1.807) is 46.8 Å². The lowest BCUT2D eigenvalue weighted by molar-refractivity contribution is -0.133. The fraction of sp³-hybridized carbons (Fsp3) is 0.444. The molecule has 0 saturated heterocycles. The largest absolute Gasteiger partial charge is 0.464 e. The third-order valence-electron chi connectivity index (χ3n) is 5.96. The number of aromatic nitrogens is 2. The zero-order chi connectivity index (χ0) is 27.5. The monoisotopic (exact) mass is 574 g/mol. The predicted octanol–water partition coefficient (Wildman–Crippen LogP) is 6.01. The van der Waals surface area contributed by atoms with Crippen molar-refractivity contribution in [1.82, 2.24) is 19.2 Å². The molecule has 38 heavy (non-hydrogen) atoms. The number of amides is 1. The Bertz CT molecular complexity index is 1500. The molecule has 0 atom stereocenters. The topological polar surface area (TPSA) is 96.6 Å². The molecule has 0 N–H and O–H groups in total. The third kappa shape index (κ3) is 7.28. The van der Waals surface area contributed by atoms with E-state index in [9.17, 15) is 13.2 Å². The summed E-state index contributed by atoms with van der Waals surface area (Å²) in [7, 11) is -3.82. The van der Waals surface area contributed by atoms with Crippen LogP contribution in [0.1, 0.15) is 55.0 Å². The summed E-state index contributed by atoms with van der Waals surface area (Å²) in [6, 6.07) is 6.64. The lowest BCUT2D eigenvalue weighted by atomic mass is 9.91. The van der Waals surface area contributed by atoms with Crippen molar-refractivity contribution in [3.8, 4) is 0 Å². The highest BCUT2D eigenvalue weighted by molar-refractivity contribution is 7.89. The van der Waals surface area contributed by atoms with E-state index in [4.69, 9.17) is 4.42 Å². The molecule has 0 fully saturated rings. The molecular formula is C27H34N4O4S3. The number of fused-ring (bicyclic) bond motifs is 1. The summed E-state index contributed by atoms with van der Waals surface area (Å²) >= 11 is 3.05. The molecule has 0 radical (unpaired) electrons. The second-order valence-corrected chi connectivity index (χ2v) is 14.6. The molecule has 8 nitrogen and oxygen atoms in total. The number of hydrogen-bond acceptors (Lipinski definition) is 8. The minimum absolute atomic E-state index is 0.0399. The number of hydrogen-bond donors (Lipinski definition) is 0. The molecule has 1 amide bonds. The Hall–Kier alpha value is -2.60. The minimum atomic E-state index is -3.82. The number of thiazole rings is 2. The molecule has 3 aromatic heterocycles. The molecule has 204 valence electrons. The van der Waals surface area contributed by atoms with Crippen LogP contribution in [0.4, 0.5) is 0 Å². The highest BCUT2D eigenvalue weighted by Gasteiger charge is 2.27. The van der Waals surface area contributed by atoms with Crippen molar-refractivity contribution in [2.24, 2.45) is 5.41 Å². The fourth-order valence-electron chi connectivity index (χ4n) is 4.17. The molecule has 0 aliphatic rings. The van der Waals surface area contributed by atoms with Crippen LogP contribution in [-0.2, 0) is 27.9 Å². The van der Waals surface area contributed by atoms with Gasteiger partial charge in [-0.05, 0) is 49.9 Å². The first-order valence-electron chi connectivity index (χ1n) is 12.5. The smallest absolute Gasteiger partial charge is 0.243 e. The van der Waals surface area contributed by atoms with E-state index in [-0.39, 0.29) is 29.3 Å². The van der Waals surface area contributed by atoms with Gasteiger partial charge in [-0.1, -0.05) is 20.8 Å². The molecule has 0 spiro atoms. The molecule has 4 rings (SSSR count). The number of rotatable bonds is 11. The van der Waals surface area contributed by atoms with Crippen molar-refractivity contribution in [1.29, 1.82) is 0 Å². The number of sulfonamides is 1. The lowest BCUT2D eigenvalue weighted by Crippen LogP contribution is -2.37. The standard InChI is InChI=1S/C27H34N4O4S3/c1-19-28-22(17-36-19)15-30(26(32)14-27(3,4)5)10-6-11-31(16-23-18-37-20(2)29-23)38(33,34)24-7-8-25-21(13-24)9-12-35-25/h7-9,12-13,17-18H,6,10-11,14-16H2,1-5H3. The molecule has 0 saturated carbocycles. The maximum atomic E-state index is 13.8. The van der Waals surface area contributed by atoms with Crippen LogP contribution in [0.15, 0.2) is 50.6 Å². The molecule has 0 unspecified atom stereocenters. The van der Waals surface area contributed by atoms with Gasteiger partial charge < -0.3 is 9.32 Å². The number of furan rings is 1. The van der Waals surface area contributed by atoms with Gasteiger partial charge in [-0.2, -0.15) is 4.31 Å². The van der Waals surface area contributed by atoms with E-state index < -0.39 is 10.0 Å². The van der Waals surface area contributed by atoms with Gasteiger partial charge in [0, 0.05) is 35.7 Å². The number of carbonyl (C=O) groups excluding carboxylic acids is 1. The molecular weight excluding hydrogens is 541 g/mol. The van der Waals surface area contributed by atoms with Gasteiger partial charge in [0.25, 0.3) is 0 Å². The van der Waals surface area contributed by atoms with Crippen molar-refractivity contribution in [3.63, 3.8) is 0 Å². The van der Waals surface area contributed by atoms with Crippen molar-refractivity contribution in [2.75, 3.05) is 13.1 Å². The summed E-state index contributed by atoms with van der Waals surface area (Å²) < 4.78 is 34.4. The van der Waals surface area contributed by atoms with Crippen LogP contribution < -0.4 is 0 Å². The zero-order valence-corrected chi connectivity index (χ0v) is 24.9. The first kappa shape index (κ1) is 28.4. The van der Waals surface area contributed by atoms with Gasteiger partial charge in [-0.3, -0.25) is 4.79 Å². The SMILES string of the molecule is Cc1nc(CN(CCCN(Cc2csc(C)n2)S(=O)(=O)c2ccc3occc3c2)C(=O)CC(C)(C)C)cs1. The van der Waals surface area contributed by atoms with Crippen molar-refractivity contribution in [3.05, 3.63) is 62.7 Å². The van der Waals surface area contributed by atoms with Gasteiger partial charge in [0.05, 0.1) is 45.7 Å². The number of nitrogens with zero attached hydrogens (tertiary/aromatic N) is 4. The van der Waals surface area contributed by atoms with Gasteiger partial charge in [-0.15, -0.1) is 22.7 Å². The second-order valence-electron chi connectivity index (χ2n) is 10.6. The fourth-order valence-corrected chi connectivity index (χ4v) is 6.87. The van der Waals surface area contributed by atoms with E-state index in [1.165, 1.54) is 15.6 Å². The Morgan fingerprint density at radius 2 is 1.63 bits per heavy atom. The Morgan fingerprint density at radius 1 is 0.974 bits per heavy atom. The summed E-state index contributed by atoms with van der Waals surface area (Å²) in [5.41, 5.74) is 2.04. The maximum Gasteiger partial charge on any atom is 0.243 e. The summed E-state index contributed by atoms with van der Waals surface area (Å²) in [6.07, 6.45) is 2.43. The van der Waals surface area contributed by atoms with Crippen LogP contribution >= 0.6 is 22.7 Å². The Labute approximate surface area is 232 Å². The summed E-state index contributed by atoms with van der Waals surface area (Å²) in [5, 5.41) is 6.43. The van der Waals surface area contributed by atoms with E-state index in [0.29, 0.717) is 37.2 Å². The van der Waals surface area contributed by atoms with Crippen LogP contribution in [0.2, 0.25) is 0 Å². The predicted molar refractivity (Wildman–Crippen MR) is 152 cm³/mol. The molecule has 0 aliphatic heterocycles. The first-order valence-corrected chi connectivity index (χ1v) is 15.7. The Balaban J connectivity index is 1.54. The quantitative estimate of drug-likeness (QED) is 0.218. The summed E-state index contributed by atoms with van der Waals surface area (Å²) in [6.45, 7) is 11.2. The molecule has 11 heteroatoms. The van der Waals surface area contributed by atoms with Crippen molar-refractivity contribution < 1.29 is 17.6 Å². The average molecular weight is 575 g/mol. The summed E-state index contributed by atoms with van der Waals surface area (Å²) in [5.74, 6) is 0.0399. The average Bonchev–Trinajstić information content (AvgIpc) is 3.57. The minimum Gasteiger partial charge on any atom is -0.464 e. The van der Waals surface area contributed by atoms with Crippen LogP contribution in [0.25, 0.3) is 11.0 Å². The van der Waals surface area contributed by atoms with Crippen LogP contribution in [-0.4, -0.2) is 46.6 Å². The Kier molecular flexibility index (Phi) is 8.71. The van der Waals surface area contributed by atoms with E-state index in [1.807, 2.05) is 45.4 Å². The normalized spacial score (nSPS) is 12.5. The van der Waals surface area contributed by atoms with Crippen LogP contribution in [0, 0.1) is 19.3 Å². The maximum absolute atomic E-state index is 13.8. The second kappa shape index (κ2) is 11.6.